The molecule has 0 aliphatic heterocycles. The fourth-order valence-electron chi connectivity index (χ4n) is 0.402. The molecule has 0 saturated heterocycles. The average Bonchev–Trinajstić information content (AvgIpc) is 1.83. The molecule has 0 aromatic carbocycles. The standard InChI is InChI=1S/C8H14/c1-4-6-7-8(3)5-2/h6-7H,3-5H2,1-2H3. The Morgan fingerprint density at radius 3 is 2.50 bits per heavy atom. The molecular weight excluding hydrogens is 96.1 g/mol. The molecule has 46 valence electrons. The molecule has 0 bridgehead atoms. The molecule has 0 radical (unpaired) electrons. The Morgan fingerprint density at radius 1 is 1.50 bits per heavy atom. The van der Waals surface area contributed by atoms with Gasteiger partial charge in [-0.05, 0) is 12.8 Å². The molecule has 0 amide bonds. The van der Waals surface area contributed by atoms with E-state index in [1.807, 2.05) is 0 Å². The summed E-state index contributed by atoms with van der Waals surface area (Å²) in [5.74, 6) is 0. The SMILES string of the molecule is C=C(C=CCC)CC. The first-order valence-corrected chi connectivity index (χ1v) is 3.15. The lowest BCUT2D eigenvalue weighted by atomic mass is 10.2. The van der Waals surface area contributed by atoms with Crippen molar-refractivity contribution in [3.63, 3.8) is 0 Å². The Bertz CT molecular complexity index is 88.2. The van der Waals surface area contributed by atoms with Crippen molar-refractivity contribution in [1.29, 1.82) is 0 Å². The van der Waals surface area contributed by atoms with E-state index in [1.165, 1.54) is 5.57 Å². The number of rotatable bonds is 3. The summed E-state index contributed by atoms with van der Waals surface area (Å²) >= 11 is 0. The maximum atomic E-state index is 3.82. The summed E-state index contributed by atoms with van der Waals surface area (Å²) in [6.45, 7) is 8.06. The predicted octanol–water partition coefficient (Wildman–Crippen LogP) is 2.92. The van der Waals surface area contributed by atoms with Crippen molar-refractivity contribution in [2.45, 2.75) is 26.7 Å². The number of allylic oxidation sites excluding steroid dienone is 3. The van der Waals surface area contributed by atoms with E-state index >= 15 is 0 Å². The van der Waals surface area contributed by atoms with Crippen LogP contribution in [0.4, 0.5) is 0 Å². The zero-order valence-electron chi connectivity index (χ0n) is 5.78. The maximum Gasteiger partial charge on any atom is -0.0313 e. The van der Waals surface area contributed by atoms with Crippen LogP contribution < -0.4 is 0 Å². The third kappa shape index (κ3) is 3.66. The second kappa shape index (κ2) is 4.63. The first-order chi connectivity index (χ1) is 3.81. The van der Waals surface area contributed by atoms with Crippen molar-refractivity contribution in [1.82, 2.24) is 0 Å². The smallest absolute Gasteiger partial charge is 0.0313 e. The van der Waals surface area contributed by atoms with Crippen molar-refractivity contribution in [2.75, 3.05) is 0 Å². The van der Waals surface area contributed by atoms with E-state index in [0.29, 0.717) is 0 Å². The van der Waals surface area contributed by atoms with Crippen molar-refractivity contribution in [2.24, 2.45) is 0 Å². The Balaban J connectivity index is 3.37. The first kappa shape index (κ1) is 7.48. The van der Waals surface area contributed by atoms with Gasteiger partial charge in [-0.1, -0.05) is 38.2 Å². The molecule has 0 N–H and O–H groups in total. The van der Waals surface area contributed by atoms with E-state index in [0.717, 1.165) is 12.8 Å². The highest BCUT2D eigenvalue weighted by molar-refractivity contribution is 5.12. The molecule has 0 heteroatoms. The third-order valence-corrected chi connectivity index (χ3v) is 1.04. The van der Waals surface area contributed by atoms with Gasteiger partial charge < -0.3 is 0 Å². The van der Waals surface area contributed by atoms with Gasteiger partial charge in [0.2, 0.25) is 0 Å². The Kier molecular flexibility index (Phi) is 4.33. The molecule has 0 aromatic rings. The van der Waals surface area contributed by atoms with E-state index in [2.05, 4.69) is 32.6 Å². The minimum Gasteiger partial charge on any atom is -0.0959 e. The van der Waals surface area contributed by atoms with E-state index in [1.54, 1.807) is 0 Å². The van der Waals surface area contributed by atoms with Crippen LogP contribution >= 0.6 is 0 Å². The minimum absolute atomic E-state index is 1.07. The second-order valence-corrected chi connectivity index (χ2v) is 1.82. The summed E-state index contributed by atoms with van der Waals surface area (Å²) in [7, 11) is 0. The fourth-order valence-corrected chi connectivity index (χ4v) is 0.402. The Hall–Kier alpha value is -0.520. The molecule has 0 spiro atoms. The molecule has 0 aliphatic carbocycles. The monoisotopic (exact) mass is 110 g/mol. The summed E-state index contributed by atoms with van der Waals surface area (Å²) in [5.41, 5.74) is 1.21. The Labute approximate surface area is 51.9 Å². The lowest BCUT2D eigenvalue weighted by Gasteiger charge is -1.87. The largest absolute Gasteiger partial charge is 0.0959 e. The molecule has 0 fully saturated rings. The van der Waals surface area contributed by atoms with Crippen LogP contribution in [-0.4, -0.2) is 0 Å². The third-order valence-electron chi connectivity index (χ3n) is 1.04. The molecule has 0 aromatic heterocycles. The van der Waals surface area contributed by atoms with Gasteiger partial charge in [0.15, 0.2) is 0 Å². The van der Waals surface area contributed by atoms with Crippen LogP contribution in [-0.2, 0) is 0 Å². The zero-order valence-corrected chi connectivity index (χ0v) is 5.78. The average molecular weight is 110 g/mol. The van der Waals surface area contributed by atoms with Gasteiger partial charge in [0.25, 0.3) is 0 Å². The van der Waals surface area contributed by atoms with Crippen LogP contribution in [0.5, 0.6) is 0 Å². The summed E-state index contributed by atoms with van der Waals surface area (Å²) in [5, 5.41) is 0. The lowest BCUT2D eigenvalue weighted by Crippen LogP contribution is -1.66. The quantitative estimate of drug-likeness (QED) is 0.490. The fraction of sp³-hybridized carbons (Fsp3) is 0.500. The van der Waals surface area contributed by atoms with Crippen LogP contribution in [0, 0.1) is 0 Å². The van der Waals surface area contributed by atoms with Crippen LogP contribution in [0.15, 0.2) is 24.3 Å². The van der Waals surface area contributed by atoms with Gasteiger partial charge >= 0.3 is 0 Å². The van der Waals surface area contributed by atoms with Crippen LogP contribution in [0.2, 0.25) is 0 Å². The molecule has 0 unspecified atom stereocenters. The second-order valence-electron chi connectivity index (χ2n) is 1.82. The van der Waals surface area contributed by atoms with Crippen LogP contribution in [0.3, 0.4) is 0 Å². The van der Waals surface area contributed by atoms with Crippen LogP contribution in [0.25, 0.3) is 0 Å². The van der Waals surface area contributed by atoms with Gasteiger partial charge in [0.05, 0.1) is 0 Å². The minimum atomic E-state index is 1.07. The van der Waals surface area contributed by atoms with E-state index in [9.17, 15) is 0 Å². The zero-order chi connectivity index (χ0) is 6.41. The van der Waals surface area contributed by atoms with Gasteiger partial charge in [0, 0.05) is 0 Å². The number of hydrogen-bond donors (Lipinski definition) is 0. The molecular formula is C8H14. The van der Waals surface area contributed by atoms with E-state index in [4.69, 9.17) is 0 Å². The number of hydrogen-bond acceptors (Lipinski definition) is 0. The van der Waals surface area contributed by atoms with Crippen molar-refractivity contribution in [3.8, 4) is 0 Å². The summed E-state index contributed by atoms with van der Waals surface area (Å²) < 4.78 is 0. The first-order valence-electron chi connectivity index (χ1n) is 3.15. The molecule has 0 nitrogen and oxygen atoms in total. The van der Waals surface area contributed by atoms with E-state index in [-0.39, 0.29) is 0 Å². The van der Waals surface area contributed by atoms with Gasteiger partial charge in [-0.3, -0.25) is 0 Å². The Morgan fingerprint density at radius 2 is 2.12 bits per heavy atom. The van der Waals surface area contributed by atoms with Gasteiger partial charge in [0.1, 0.15) is 0 Å². The van der Waals surface area contributed by atoms with Crippen LogP contribution in [0.1, 0.15) is 26.7 Å². The topological polar surface area (TPSA) is 0 Å². The summed E-state index contributed by atoms with van der Waals surface area (Å²) in [4.78, 5) is 0. The lowest BCUT2D eigenvalue weighted by molar-refractivity contribution is 1.14. The summed E-state index contributed by atoms with van der Waals surface area (Å²) in [6, 6.07) is 0. The van der Waals surface area contributed by atoms with Gasteiger partial charge in [-0.25, -0.2) is 0 Å². The van der Waals surface area contributed by atoms with Gasteiger partial charge in [-0.2, -0.15) is 0 Å². The maximum absolute atomic E-state index is 3.82. The molecule has 0 aliphatic rings. The molecule has 0 saturated carbocycles. The predicted molar refractivity (Wildman–Crippen MR) is 38.9 cm³/mol. The highest BCUT2D eigenvalue weighted by Crippen LogP contribution is 1.97. The molecule has 0 rings (SSSR count). The van der Waals surface area contributed by atoms with Crippen molar-refractivity contribution in [3.05, 3.63) is 24.3 Å². The highest BCUT2D eigenvalue weighted by Gasteiger charge is 1.76. The molecule has 8 heavy (non-hydrogen) atoms. The molecule has 0 heterocycles. The summed E-state index contributed by atoms with van der Waals surface area (Å²) in [6.07, 6.45) is 6.39. The highest BCUT2D eigenvalue weighted by atomic mass is 13.8. The molecule has 0 atom stereocenters. The normalized spacial score (nSPS) is 10.2. The van der Waals surface area contributed by atoms with Crippen molar-refractivity contribution < 1.29 is 0 Å². The van der Waals surface area contributed by atoms with E-state index < -0.39 is 0 Å². The van der Waals surface area contributed by atoms with Crippen molar-refractivity contribution >= 4 is 0 Å². The van der Waals surface area contributed by atoms with Gasteiger partial charge in [-0.15, -0.1) is 0 Å².